The third-order valence-electron chi connectivity index (χ3n) is 10.5. The van der Waals surface area contributed by atoms with Gasteiger partial charge >= 0.3 is 0 Å². The predicted molar refractivity (Wildman–Crippen MR) is 254 cm³/mol. The molecule has 69 heavy (non-hydrogen) atoms. The van der Waals surface area contributed by atoms with Crippen LogP contribution in [0.15, 0.2) is 67.5 Å². The van der Waals surface area contributed by atoms with Gasteiger partial charge in [0.25, 0.3) is 35.4 Å². The van der Waals surface area contributed by atoms with Crippen LogP contribution in [-0.2, 0) is 51.9 Å². The van der Waals surface area contributed by atoms with E-state index in [1.54, 1.807) is 99.0 Å². The van der Waals surface area contributed by atoms with E-state index in [2.05, 4.69) is 52.5 Å². The van der Waals surface area contributed by atoms with Crippen LogP contribution in [0.5, 0.6) is 0 Å². The Morgan fingerprint density at radius 3 is 1.45 bits per heavy atom. The van der Waals surface area contributed by atoms with E-state index in [1.807, 2.05) is 0 Å². The number of anilines is 5. The Bertz CT molecular complexity index is 2910. The third-order valence-corrected chi connectivity index (χ3v) is 10.5. The van der Waals surface area contributed by atoms with Crippen molar-refractivity contribution < 1.29 is 38.4 Å². The number of rotatable bonds is 21. The third kappa shape index (κ3) is 12.8. The summed E-state index contributed by atoms with van der Waals surface area (Å²) in [5, 5.41) is 21.7. The molecule has 25 nitrogen and oxygen atoms in total. The van der Waals surface area contributed by atoms with Crippen LogP contribution in [0.25, 0.3) is 0 Å². The van der Waals surface area contributed by atoms with Crippen LogP contribution in [0, 0.1) is 0 Å². The Kier molecular flexibility index (Phi) is 16.0. The molecule has 0 spiro atoms. The molecule has 6 aromatic rings. The molecule has 0 aliphatic heterocycles. The Morgan fingerprint density at radius 1 is 0.464 bits per heavy atom. The Hall–Kier alpha value is -8.74. The van der Waals surface area contributed by atoms with Gasteiger partial charge in [0.15, 0.2) is 11.6 Å². The number of carbonyl (C=O) groups is 8. The summed E-state index contributed by atoms with van der Waals surface area (Å²) in [6.07, 6.45) is 10.4. The molecule has 0 unspecified atom stereocenters. The molecule has 0 saturated heterocycles. The van der Waals surface area contributed by atoms with E-state index in [4.69, 9.17) is 5.73 Å². The summed E-state index contributed by atoms with van der Waals surface area (Å²) in [6, 6.07) is 7.98. The van der Waals surface area contributed by atoms with Gasteiger partial charge in [0.05, 0.1) is 17.1 Å². The van der Waals surface area contributed by atoms with E-state index in [0.29, 0.717) is 42.3 Å². The lowest BCUT2D eigenvalue weighted by Crippen LogP contribution is -2.32. The van der Waals surface area contributed by atoms with Gasteiger partial charge in [-0.25, -0.2) is 9.97 Å². The van der Waals surface area contributed by atoms with Gasteiger partial charge in [-0.3, -0.25) is 38.4 Å². The van der Waals surface area contributed by atoms with Crippen molar-refractivity contribution in [3.63, 3.8) is 0 Å². The van der Waals surface area contributed by atoms with Gasteiger partial charge in [0.2, 0.25) is 23.5 Å². The average Bonchev–Trinajstić information content (AvgIpc) is 4.16. The highest BCUT2D eigenvalue weighted by Gasteiger charge is 2.22. The number of aromatic nitrogens is 8. The highest BCUT2D eigenvalue weighted by Crippen LogP contribution is 2.20. The molecule has 0 bridgehead atoms. The second kappa shape index (κ2) is 22.2. The molecule has 6 heterocycles. The van der Waals surface area contributed by atoms with Crippen LogP contribution in [0.1, 0.15) is 88.9 Å². The summed E-state index contributed by atoms with van der Waals surface area (Å²) in [7, 11) is 9.84. The van der Waals surface area contributed by atoms with Crippen LogP contribution in [0.2, 0.25) is 0 Å². The molecule has 0 fully saturated rings. The van der Waals surface area contributed by atoms with E-state index in [-0.39, 0.29) is 84.5 Å². The maximum atomic E-state index is 13.2. The maximum absolute atomic E-state index is 13.2. The maximum Gasteiger partial charge on any atom is 0.292 e. The van der Waals surface area contributed by atoms with E-state index in [1.165, 1.54) is 38.2 Å². The van der Waals surface area contributed by atoms with Gasteiger partial charge in [-0.2, -0.15) is 0 Å². The molecular weight excluding hydrogens is 895 g/mol. The molecule has 10 N–H and O–H groups in total. The van der Waals surface area contributed by atoms with E-state index >= 15 is 0 Å². The van der Waals surface area contributed by atoms with Crippen molar-refractivity contribution >= 4 is 76.0 Å². The van der Waals surface area contributed by atoms with Crippen LogP contribution < -0.4 is 48.3 Å². The minimum Gasteiger partial charge on any atom is -0.356 e. The highest BCUT2D eigenvalue weighted by atomic mass is 16.2. The van der Waals surface area contributed by atoms with Gasteiger partial charge < -0.3 is 75.7 Å². The Balaban J connectivity index is 0.924. The molecule has 25 heteroatoms. The van der Waals surface area contributed by atoms with E-state index in [9.17, 15) is 38.4 Å². The minimum atomic E-state index is -0.667. The molecule has 0 radical (unpaired) electrons. The molecule has 364 valence electrons. The lowest BCUT2D eigenvalue weighted by Gasteiger charge is -2.06. The fourth-order valence-corrected chi connectivity index (χ4v) is 7.04. The Labute approximate surface area is 395 Å². The molecule has 0 aromatic carbocycles. The van der Waals surface area contributed by atoms with Gasteiger partial charge in [0, 0.05) is 112 Å². The number of amides is 8. The number of nitrogens with two attached hydrogens (primary N) is 1. The first-order valence-corrected chi connectivity index (χ1v) is 21.7. The topological polar surface area (TPSA) is 314 Å². The van der Waals surface area contributed by atoms with Crippen LogP contribution in [0.3, 0.4) is 0 Å². The molecule has 6 rings (SSSR count). The summed E-state index contributed by atoms with van der Waals surface area (Å²) < 4.78 is 9.15. The van der Waals surface area contributed by atoms with Crippen molar-refractivity contribution in [2.75, 3.05) is 52.8 Å². The van der Waals surface area contributed by atoms with Crippen molar-refractivity contribution in [3.8, 4) is 0 Å². The second-order valence-electron chi connectivity index (χ2n) is 16.0. The monoisotopic (exact) mass is 949 g/mol. The van der Waals surface area contributed by atoms with Crippen LogP contribution >= 0.6 is 0 Å². The number of hydrogen-bond acceptors (Lipinski definition) is 11. The Morgan fingerprint density at radius 2 is 0.928 bits per heavy atom. The van der Waals surface area contributed by atoms with Crippen molar-refractivity contribution in [1.29, 1.82) is 0 Å². The highest BCUT2D eigenvalue weighted by molar-refractivity contribution is 6.08. The summed E-state index contributed by atoms with van der Waals surface area (Å²) >= 11 is 0. The largest absolute Gasteiger partial charge is 0.356 e. The SMILES string of the molecule is Cn1cc(NC(=O)c2cc(NC(=O)c3cccn3C)cn2C)cc1C(=O)NCCCC(=O)Nc1cn(C)c(C(=O)Nc2cn(C)c(C(=O)Nc3cc(C(=O)NCCC(=O)NCCCN)n(C)c3)n2)n1. The average molecular weight is 950 g/mol. The van der Waals surface area contributed by atoms with Crippen molar-refractivity contribution in [1.82, 2.24) is 53.3 Å². The van der Waals surface area contributed by atoms with Crippen LogP contribution in [0.4, 0.5) is 28.7 Å². The number of nitrogens with zero attached hydrogens (tertiary/aromatic N) is 8. The lowest BCUT2D eigenvalue weighted by atomic mass is 10.3. The molecule has 0 saturated carbocycles. The summed E-state index contributed by atoms with van der Waals surface area (Å²) in [6.45, 7) is 1.19. The fourth-order valence-electron chi connectivity index (χ4n) is 7.04. The number of hydrogen-bond donors (Lipinski definition) is 9. The fraction of sp³-hybridized carbons (Fsp3) is 0.318. The lowest BCUT2D eigenvalue weighted by molar-refractivity contribution is -0.121. The van der Waals surface area contributed by atoms with Gasteiger partial charge in [0.1, 0.15) is 22.8 Å². The van der Waals surface area contributed by atoms with Crippen LogP contribution in [-0.4, -0.2) is 111 Å². The standard InChI is InChI=1S/C44H55N17O8/c1-56-17-8-10-29(56)41(66)49-27-20-32(59(4)22-27)42(67)50-26-18-30(57(2)21-26)39(64)47-14-7-11-36(63)52-33-24-60(5)38(53-33)44(69)55-34-25-61(6)37(54-34)43(68)51-28-19-31(58(3)23-28)40(65)48-16-12-35(62)46-15-9-13-45/h8,10,17-25H,7,9,11-16,45H2,1-6H3,(H,46,62)(H,47,64)(H,48,65)(H,49,66)(H,50,67)(H,51,68)(H,52,63)(H,55,69). The molecule has 6 aromatic heterocycles. The first-order valence-electron chi connectivity index (χ1n) is 21.7. The zero-order valence-electron chi connectivity index (χ0n) is 38.9. The first-order chi connectivity index (χ1) is 32.9. The number of nitrogens with one attached hydrogen (secondary N) is 8. The predicted octanol–water partition coefficient (Wildman–Crippen LogP) is 1.25. The van der Waals surface area contributed by atoms with Crippen molar-refractivity contribution in [3.05, 3.63) is 102 Å². The number of imidazole rings is 2. The molecular formula is C44H55N17O8. The smallest absolute Gasteiger partial charge is 0.292 e. The molecule has 0 atom stereocenters. The normalized spacial score (nSPS) is 10.9. The molecule has 8 amide bonds. The quantitative estimate of drug-likeness (QED) is 0.0463. The molecule has 0 aliphatic carbocycles. The van der Waals surface area contributed by atoms with Gasteiger partial charge in [-0.05, 0) is 49.7 Å². The minimum absolute atomic E-state index is 0.0176. The van der Waals surface area contributed by atoms with Gasteiger partial charge in [-0.1, -0.05) is 0 Å². The number of carbonyl (C=O) groups excluding carboxylic acids is 8. The van der Waals surface area contributed by atoms with E-state index < -0.39 is 35.4 Å². The number of aryl methyl sites for hydroxylation is 6. The summed E-state index contributed by atoms with van der Waals surface area (Å²) in [4.78, 5) is 111. The van der Waals surface area contributed by atoms with Gasteiger partial charge in [-0.15, -0.1) is 0 Å². The summed E-state index contributed by atoms with van der Waals surface area (Å²) in [5.41, 5.74) is 7.80. The molecule has 0 aliphatic rings. The van der Waals surface area contributed by atoms with Crippen molar-refractivity contribution in [2.45, 2.75) is 25.7 Å². The first kappa shape index (κ1) is 49.7. The second-order valence-corrected chi connectivity index (χ2v) is 16.0. The zero-order valence-corrected chi connectivity index (χ0v) is 38.9. The zero-order chi connectivity index (χ0) is 49.9. The van der Waals surface area contributed by atoms with E-state index in [0.717, 1.165) is 0 Å². The summed E-state index contributed by atoms with van der Waals surface area (Å²) in [5.74, 6) is -3.49. The van der Waals surface area contributed by atoms with Crippen molar-refractivity contribution in [2.24, 2.45) is 48.0 Å².